The van der Waals surface area contributed by atoms with Gasteiger partial charge in [0.25, 0.3) is 5.91 Å². The van der Waals surface area contributed by atoms with E-state index in [2.05, 4.69) is 10.3 Å². The van der Waals surface area contributed by atoms with Crippen LogP contribution < -0.4 is 5.32 Å². The summed E-state index contributed by atoms with van der Waals surface area (Å²) in [6.07, 6.45) is 1.33. The number of hydrogen-bond donors (Lipinski definition) is 1. The van der Waals surface area contributed by atoms with Crippen molar-refractivity contribution < 1.29 is 18.0 Å². The topological polar surface area (TPSA) is 58.4 Å². The van der Waals surface area contributed by atoms with E-state index in [1.165, 1.54) is 30.5 Å². The number of nitrogens with zero attached hydrogens (tertiary/aromatic N) is 2. The fourth-order valence-electron chi connectivity index (χ4n) is 2.79. The number of oxazole rings is 1. The van der Waals surface area contributed by atoms with Crippen molar-refractivity contribution >= 4 is 5.91 Å². The zero-order valence-corrected chi connectivity index (χ0v) is 15.5. The Bertz CT molecular complexity index is 861. The summed E-state index contributed by atoms with van der Waals surface area (Å²) in [6.45, 7) is 3.69. The highest BCUT2D eigenvalue weighted by Gasteiger charge is 2.15. The molecule has 0 saturated heterocycles. The van der Waals surface area contributed by atoms with Crippen LogP contribution in [0.15, 0.2) is 59.2 Å². The van der Waals surface area contributed by atoms with E-state index in [1.807, 2.05) is 11.8 Å². The summed E-state index contributed by atoms with van der Waals surface area (Å²) < 4.78 is 31.8. The Morgan fingerprint density at radius 1 is 0.964 bits per heavy atom. The monoisotopic (exact) mass is 385 g/mol. The molecule has 7 heteroatoms. The van der Waals surface area contributed by atoms with Gasteiger partial charge in [-0.15, -0.1) is 0 Å². The summed E-state index contributed by atoms with van der Waals surface area (Å²) in [5.74, 6) is -0.493. The lowest BCUT2D eigenvalue weighted by Crippen LogP contribution is -2.24. The molecule has 0 spiro atoms. The Kier molecular flexibility index (Phi) is 6.49. The number of aromatic nitrogens is 1. The van der Waals surface area contributed by atoms with Gasteiger partial charge in [0.1, 0.15) is 17.9 Å². The van der Waals surface area contributed by atoms with Gasteiger partial charge in [-0.2, -0.15) is 0 Å². The third-order valence-corrected chi connectivity index (χ3v) is 4.12. The summed E-state index contributed by atoms with van der Waals surface area (Å²) in [5, 5.41) is 2.67. The lowest BCUT2D eigenvalue weighted by atomic mass is 10.1. The highest BCUT2D eigenvalue weighted by atomic mass is 19.1. The van der Waals surface area contributed by atoms with Gasteiger partial charge < -0.3 is 9.73 Å². The van der Waals surface area contributed by atoms with Crippen molar-refractivity contribution in [3.8, 4) is 0 Å². The van der Waals surface area contributed by atoms with Crippen LogP contribution in [0.5, 0.6) is 0 Å². The fraction of sp³-hybridized carbons (Fsp3) is 0.238. The molecule has 0 unspecified atom stereocenters. The molecule has 0 aliphatic rings. The van der Waals surface area contributed by atoms with Crippen molar-refractivity contribution in [3.63, 3.8) is 0 Å². The summed E-state index contributed by atoms with van der Waals surface area (Å²) >= 11 is 0. The molecule has 0 saturated carbocycles. The highest BCUT2D eigenvalue weighted by molar-refractivity contribution is 5.91. The first-order valence-corrected chi connectivity index (χ1v) is 8.97. The molecule has 3 rings (SSSR count). The predicted molar refractivity (Wildman–Crippen MR) is 100 cm³/mol. The van der Waals surface area contributed by atoms with Crippen molar-refractivity contribution in [2.45, 2.75) is 26.6 Å². The number of nitrogens with one attached hydrogen (secondary N) is 1. The second kappa shape index (κ2) is 9.23. The van der Waals surface area contributed by atoms with Crippen molar-refractivity contribution in [1.82, 2.24) is 15.2 Å². The van der Waals surface area contributed by atoms with E-state index in [4.69, 9.17) is 4.42 Å². The first-order chi connectivity index (χ1) is 13.5. The van der Waals surface area contributed by atoms with Crippen LogP contribution in [-0.4, -0.2) is 22.3 Å². The minimum absolute atomic E-state index is 0.223. The van der Waals surface area contributed by atoms with E-state index in [1.54, 1.807) is 24.3 Å². The Morgan fingerprint density at radius 2 is 1.50 bits per heavy atom. The second-order valence-corrected chi connectivity index (χ2v) is 6.38. The van der Waals surface area contributed by atoms with Crippen LogP contribution in [0.25, 0.3) is 0 Å². The molecule has 0 aliphatic heterocycles. The lowest BCUT2D eigenvalue weighted by Gasteiger charge is -2.21. The molecule has 1 aromatic heterocycles. The average molecular weight is 385 g/mol. The fourth-order valence-corrected chi connectivity index (χ4v) is 2.79. The third kappa shape index (κ3) is 5.47. The molecule has 1 N–H and O–H groups in total. The molecule has 146 valence electrons. The quantitative estimate of drug-likeness (QED) is 0.639. The first-order valence-electron chi connectivity index (χ1n) is 8.97. The number of carbonyl (C=O) groups is 1. The molecule has 0 fully saturated rings. The molecular formula is C21H21F2N3O2. The second-order valence-electron chi connectivity index (χ2n) is 6.38. The van der Waals surface area contributed by atoms with E-state index in [0.29, 0.717) is 32.1 Å². The molecule has 0 bridgehead atoms. The van der Waals surface area contributed by atoms with E-state index in [-0.39, 0.29) is 23.2 Å². The Balaban J connectivity index is 1.75. The average Bonchev–Trinajstić information content (AvgIpc) is 3.14. The van der Waals surface area contributed by atoms with Gasteiger partial charge in [-0.1, -0.05) is 24.3 Å². The zero-order chi connectivity index (χ0) is 19.9. The van der Waals surface area contributed by atoms with Gasteiger partial charge in [-0.3, -0.25) is 9.69 Å². The van der Waals surface area contributed by atoms with Gasteiger partial charge in [0.15, 0.2) is 5.69 Å². The van der Waals surface area contributed by atoms with Crippen LogP contribution >= 0.6 is 0 Å². The van der Waals surface area contributed by atoms with Gasteiger partial charge in [0.05, 0.1) is 6.54 Å². The van der Waals surface area contributed by atoms with Gasteiger partial charge in [-0.25, -0.2) is 13.8 Å². The Hall–Kier alpha value is -3.06. The van der Waals surface area contributed by atoms with E-state index in [9.17, 15) is 13.6 Å². The van der Waals surface area contributed by atoms with E-state index < -0.39 is 0 Å². The standard InChI is InChI=1S/C21H21F2N3O2/c1-2-24-21(27)19-14-28-20(25-19)13-26(11-15-3-7-17(22)8-4-15)12-16-5-9-18(23)10-6-16/h3-10,14H,2,11-13H2,1H3,(H,24,27). The molecule has 2 aromatic carbocycles. The number of benzene rings is 2. The van der Waals surface area contributed by atoms with Crippen molar-refractivity contribution in [3.05, 3.63) is 89.1 Å². The number of amides is 1. The zero-order valence-electron chi connectivity index (χ0n) is 15.5. The van der Waals surface area contributed by atoms with Crippen molar-refractivity contribution in [1.29, 1.82) is 0 Å². The Morgan fingerprint density at radius 3 is 2.00 bits per heavy atom. The van der Waals surface area contributed by atoms with Crippen LogP contribution in [0.4, 0.5) is 8.78 Å². The smallest absolute Gasteiger partial charge is 0.273 e. The lowest BCUT2D eigenvalue weighted by molar-refractivity contribution is 0.0950. The summed E-state index contributed by atoms with van der Waals surface area (Å²) in [4.78, 5) is 18.1. The molecular weight excluding hydrogens is 364 g/mol. The minimum Gasteiger partial charge on any atom is -0.447 e. The maximum absolute atomic E-state index is 13.2. The van der Waals surface area contributed by atoms with E-state index >= 15 is 0 Å². The molecule has 28 heavy (non-hydrogen) atoms. The van der Waals surface area contributed by atoms with Crippen LogP contribution in [0.3, 0.4) is 0 Å². The summed E-state index contributed by atoms with van der Waals surface area (Å²) in [6, 6.07) is 12.5. The summed E-state index contributed by atoms with van der Waals surface area (Å²) in [5.41, 5.74) is 2.05. The normalized spacial score (nSPS) is 11.0. The maximum Gasteiger partial charge on any atom is 0.273 e. The van der Waals surface area contributed by atoms with Crippen LogP contribution in [-0.2, 0) is 19.6 Å². The molecule has 1 heterocycles. The van der Waals surface area contributed by atoms with Crippen LogP contribution in [0.1, 0.15) is 34.4 Å². The number of rotatable bonds is 8. The Labute approximate surface area is 162 Å². The molecule has 0 atom stereocenters. The van der Waals surface area contributed by atoms with Crippen LogP contribution in [0, 0.1) is 11.6 Å². The van der Waals surface area contributed by atoms with Crippen LogP contribution in [0.2, 0.25) is 0 Å². The number of hydrogen-bond acceptors (Lipinski definition) is 4. The third-order valence-electron chi connectivity index (χ3n) is 4.12. The van der Waals surface area contributed by atoms with Gasteiger partial charge in [0, 0.05) is 19.6 Å². The predicted octanol–water partition coefficient (Wildman–Crippen LogP) is 3.90. The van der Waals surface area contributed by atoms with Gasteiger partial charge in [-0.05, 0) is 42.3 Å². The maximum atomic E-state index is 13.2. The largest absolute Gasteiger partial charge is 0.447 e. The molecule has 5 nitrogen and oxygen atoms in total. The molecule has 0 radical (unpaired) electrons. The van der Waals surface area contributed by atoms with Crippen molar-refractivity contribution in [2.75, 3.05) is 6.54 Å². The highest BCUT2D eigenvalue weighted by Crippen LogP contribution is 2.15. The number of carbonyl (C=O) groups excluding carboxylic acids is 1. The SMILES string of the molecule is CCNC(=O)c1coc(CN(Cc2ccc(F)cc2)Cc2ccc(F)cc2)n1. The number of halogens is 2. The minimum atomic E-state index is -0.298. The van der Waals surface area contributed by atoms with Crippen molar-refractivity contribution in [2.24, 2.45) is 0 Å². The molecule has 1 amide bonds. The molecule has 3 aromatic rings. The van der Waals surface area contributed by atoms with Gasteiger partial charge in [0.2, 0.25) is 5.89 Å². The van der Waals surface area contributed by atoms with E-state index in [0.717, 1.165) is 11.1 Å². The summed E-state index contributed by atoms with van der Waals surface area (Å²) in [7, 11) is 0. The first kappa shape index (κ1) is 19.7. The molecule has 0 aliphatic carbocycles. The van der Waals surface area contributed by atoms with Gasteiger partial charge >= 0.3 is 0 Å².